The highest BCUT2D eigenvalue weighted by Crippen LogP contribution is 2.07. The molecule has 0 aromatic heterocycles. The SMILES string of the molecule is CCC(CO)(CO)NCCOCCOC. The highest BCUT2D eigenvalue weighted by atomic mass is 16.5. The lowest BCUT2D eigenvalue weighted by molar-refractivity contribution is 0.0533. The molecule has 0 heterocycles. The Bertz CT molecular complexity index is 131. The molecule has 0 saturated carbocycles. The Hall–Kier alpha value is -0.200. The maximum absolute atomic E-state index is 9.13. The van der Waals surface area contributed by atoms with Gasteiger partial charge in [-0.15, -0.1) is 0 Å². The number of methoxy groups -OCH3 is 1. The topological polar surface area (TPSA) is 71.0 Å². The highest BCUT2D eigenvalue weighted by Gasteiger charge is 2.25. The molecule has 5 heteroatoms. The first kappa shape index (κ1) is 14.8. The molecule has 0 radical (unpaired) electrons. The van der Waals surface area contributed by atoms with Crippen molar-refractivity contribution in [3.63, 3.8) is 0 Å². The summed E-state index contributed by atoms with van der Waals surface area (Å²) in [6, 6.07) is 0. The van der Waals surface area contributed by atoms with Crippen LogP contribution in [-0.2, 0) is 9.47 Å². The van der Waals surface area contributed by atoms with E-state index in [9.17, 15) is 0 Å². The average molecular weight is 221 g/mol. The fourth-order valence-electron chi connectivity index (χ4n) is 1.14. The van der Waals surface area contributed by atoms with Crippen LogP contribution in [-0.4, -0.2) is 62.4 Å². The fourth-order valence-corrected chi connectivity index (χ4v) is 1.14. The van der Waals surface area contributed by atoms with Crippen LogP contribution < -0.4 is 5.32 Å². The van der Waals surface area contributed by atoms with E-state index >= 15 is 0 Å². The van der Waals surface area contributed by atoms with E-state index < -0.39 is 5.54 Å². The number of nitrogens with one attached hydrogen (secondary N) is 1. The van der Waals surface area contributed by atoms with Gasteiger partial charge in [-0.2, -0.15) is 0 Å². The van der Waals surface area contributed by atoms with Crippen LogP contribution in [0.3, 0.4) is 0 Å². The van der Waals surface area contributed by atoms with E-state index in [0.717, 1.165) is 0 Å². The van der Waals surface area contributed by atoms with Crippen molar-refractivity contribution in [2.75, 3.05) is 46.7 Å². The van der Waals surface area contributed by atoms with Crippen LogP contribution in [0.1, 0.15) is 13.3 Å². The average Bonchev–Trinajstić information content (AvgIpc) is 2.29. The molecular formula is C10H23NO4. The van der Waals surface area contributed by atoms with Gasteiger partial charge in [0.1, 0.15) is 0 Å². The lowest BCUT2D eigenvalue weighted by atomic mass is 9.99. The van der Waals surface area contributed by atoms with E-state index in [1.807, 2.05) is 6.92 Å². The first-order valence-electron chi connectivity index (χ1n) is 5.28. The Morgan fingerprint density at radius 2 is 1.80 bits per heavy atom. The van der Waals surface area contributed by atoms with Crippen LogP contribution in [0.4, 0.5) is 0 Å². The normalized spacial score (nSPS) is 12.0. The lowest BCUT2D eigenvalue weighted by Gasteiger charge is -2.29. The van der Waals surface area contributed by atoms with E-state index in [0.29, 0.717) is 32.8 Å². The van der Waals surface area contributed by atoms with Gasteiger partial charge in [0.05, 0.1) is 38.6 Å². The van der Waals surface area contributed by atoms with Gasteiger partial charge in [0.25, 0.3) is 0 Å². The minimum atomic E-state index is -0.579. The molecule has 0 unspecified atom stereocenters. The molecule has 0 aliphatic rings. The van der Waals surface area contributed by atoms with Gasteiger partial charge < -0.3 is 25.0 Å². The number of ether oxygens (including phenoxy) is 2. The van der Waals surface area contributed by atoms with Crippen LogP contribution in [0.2, 0.25) is 0 Å². The molecule has 0 amide bonds. The second kappa shape index (κ2) is 9.06. The van der Waals surface area contributed by atoms with Crippen molar-refractivity contribution < 1.29 is 19.7 Å². The Balaban J connectivity index is 3.54. The first-order valence-corrected chi connectivity index (χ1v) is 5.28. The van der Waals surface area contributed by atoms with Crippen LogP contribution in [0, 0.1) is 0 Å². The van der Waals surface area contributed by atoms with Crippen molar-refractivity contribution in [3.8, 4) is 0 Å². The molecule has 0 atom stereocenters. The molecule has 0 fully saturated rings. The van der Waals surface area contributed by atoms with Crippen molar-refractivity contribution in [1.29, 1.82) is 0 Å². The van der Waals surface area contributed by atoms with Gasteiger partial charge in [0.15, 0.2) is 0 Å². The second-order valence-electron chi connectivity index (χ2n) is 3.48. The summed E-state index contributed by atoms with van der Waals surface area (Å²) in [4.78, 5) is 0. The first-order chi connectivity index (χ1) is 7.24. The Morgan fingerprint density at radius 3 is 2.27 bits per heavy atom. The van der Waals surface area contributed by atoms with Crippen molar-refractivity contribution in [2.24, 2.45) is 0 Å². The van der Waals surface area contributed by atoms with Gasteiger partial charge >= 0.3 is 0 Å². The van der Waals surface area contributed by atoms with Crippen molar-refractivity contribution in [1.82, 2.24) is 5.32 Å². The molecule has 0 aliphatic carbocycles. The zero-order valence-electron chi connectivity index (χ0n) is 9.66. The predicted octanol–water partition coefficient (Wildman–Crippen LogP) is -0.628. The molecule has 0 bridgehead atoms. The molecule has 15 heavy (non-hydrogen) atoms. The van der Waals surface area contributed by atoms with E-state index in [1.165, 1.54) is 0 Å². The second-order valence-corrected chi connectivity index (χ2v) is 3.48. The zero-order chi connectivity index (χ0) is 11.6. The monoisotopic (exact) mass is 221 g/mol. The number of aliphatic hydroxyl groups is 2. The van der Waals surface area contributed by atoms with E-state index in [2.05, 4.69) is 5.32 Å². The van der Waals surface area contributed by atoms with E-state index in [1.54, 1.807) is 7.11 Å². The zero-order valence-corrected chi connectivity index (χ0v) is 9.66. The number of aliphatic hydroxyl groups excluding tert-OH is 2. The van der Waals surface area contributed by atoms with Crippen molar-refractivity contribution in [3.05, 3.63) is 0 Å². The molecule has 0 rings (SSSR count). The largest absolute Gasteiger partial charge is 0.394 e. The summed E-state index contributed by atoms with van der Waals surface area (Å²) in [5.41, 5.74) is -0.579. The number of rotatable bonds is 10. The van der Waals surface area contributed by atoms with Crippen molar-refractivity contribution >= 4 is 0 Å². The minimum Gasteiger partial charge on any atom is -0.394 e. The number of hydrogen-bond acceptors (Lipinski definition) is 5. The molecule has 5 nitrogen and oxygen atoms in total. The molecule has 0 saturated heterocycles. The van der Waals surface area contributed by atoms with Crippen LogP contribution in [0.25, 0.3) is 0 Å². The third-order valence-electron chi connectivity index (χ3n) is 2.46. The van der Waals surface area contributed by atoms with Gasteiger partial charge in [-0.1, -0.05) is 6.92 Å². The van der Waals surface area contributed by atoms with Gasteiger partial charge in [-0.25, -0.2) is 0 Å². The van der Waals surface area contributed by atoms with Crippen LogP contribution in [0.15, 0.2) is 0 Å². The third kappa shape index (κ3) is 6.06. The summed E-state index contributed by atoms with van der Waals surface area (Å²) in [5, 5.41) is 21.4. The fraction of sp³-hybridized carbons (Fsp3) is 1.00. The molecular weight excluding hydrogens is 198 g/mol. The molecule has 0 aliphatic heterocycles. The van der Waals surface area contributed by atoms with Crippen molar-refractivity contribution in [2.45, 2.75) is 18.9 Å². The third-order valence-corrected chi connectivity index (χ3v) is 2.46. The maximum atomic E-state index is 9.13. The maximum Gasteiger partial charge on any atom is 0.0700 e. The van der Waals surface area contributed by atoms with Gasteiger partial charge in [0.2, 0.25) is 0 Å². The number of hydrogen-bond donors (Lipinski definition) is 3. The standard InChI is InChI=1S/C10H23NO4/c1-3-10(8-12,9-13)11-4-5-15-7-6-14-2/h11-13H,3-9H2,1-2H3. The van der Waals surface area contributed by atoms with Gasteiger partial charge in [-0.3, -0.25) is 0 Å². The van der Waals surface area contributed by atoms with E-state index in [4.69, 9.17) is 19.7 Å². The minimum absolute atomic E-state index is 0.0714. The smallest absolute Gasteiger partial charge is 0.0700 e. The summed E-state index contributed by atoms with van der Waals surface area (Å²) in [6.45, 7) is 4.08. The molecule has 0 aromatic rings. The quantitative estimate of drug-likeness (QED) is 0.429. The summed E-state index contributed by atoms with van der Waals surface area (Å²) in [6.07, 6.45) is 0.679. The molecule has 92 valence electrons. The Labute approximate surface area is 91.4 Å². The van der Waals surface area contributed by atoms with Gasteiger partial charge in [0, 0.05) is 13.7 Å². The molecule has 3 N–H and O–H groups in total. The van der Waals surface area contributed by atoms with Crippen LogP contribution >= 0.6 is 0 Å². The van der Waals surface area contributed by atoms with E-state index in [-0.39, 0.29) is 13.2 Å². The summed E-state index contributed by atoms with van der Waals surface area (Å²) in [7, 11) is 1.63. The summed E-state index contributed by atoms with van der Waals surface area (Å²) in [5.74, 6) is 0. The molecule has 0 spiro atoms. The summed E-state index contributed by atoms with van der Waals surface area (Å²) >= 11 is 0. The summed E-state index contributed by atoms with van der Waals surface area (Å²) < 4.78 is 10.1. The Kier molecular flexibility index (Phi) is 8.94. The van der Waals surface area contributed by atoms with Crippen LogP contribution in [0.5, 0.6) is 0 Å². The highest BCUT2D eigenvalue weighted by molar-refractivity contribution is 4.84. The Morgan fingerprint density at radius 1 is 1.13 bits per heavy atom. The van der Waals surface area contributed by atoms with Gasteiger partial charge in [-0.05, 0) is 6.42 Å². The molecule has 0 aromatic carbocycles. The predicted molar refractivity (Wildman–Crippen MR) is 57.9 cm³/mol. The lowest BCUT2D eigenvalue weighted by Crippen LogP contribution is -2.52.